The number of methoxy groups -OCH3 is 1. The Bertz CT molecular complexity index is 2070. The van der Waals surface area contributed by atoms with Gasteiger partial charge in [0.1, 0.15) is 23.1 Å². The van der Waals surface area contributed by atoms with Crippen molar-refractivity contribution >= 4 is 45.9 Å². The zero-order valence-electron chi connectivity index (χ0n) is 29.2. The molecule has 3 amide bonds. The number of piperazine rings is 1. The Labute approximate surface area is 305 Å². The van der Waals surface area contributed by atoms with Gasteiger partial charge in [-0.3, -0.25) is 39.4 Å². The number of aromatic amines is 1. The zero-order chi connectivity index (χ0) is 36.5. The lowest BCUT2D eigenvalue weighted by Crippen LogP contribution is -2.51. The highest BCUT2D eigenvalue weighted by Gasteiger charge is 2.29. The number of rotatable bonds is 9. The minimum Gasteiger partial charge on any atom is -0.496 e. The molecular formula is C37H42ClFN8O5. The van der Waals surface area contributed by atoms with Crippen molar-refractivity contribution in [2.75, 3.05) is 58.2 Å². The van der Waals surface area contributed by atoms with E-state index in [2.05, 4.69) is 30.6 Å². The first-order valence-electron chi connectivity index (χ1n) is 17.6. The van der Waals surface area contributed by atoms with Crippen LogP contribution in [0.25, 0.3) is 22.0 Å². The number of nitrogens with zero attached hydrogens (tertiary/aromatic N) is 5. The first-order chi connectivity index (χ1) is 25.1. The molecule has 3 aliphatic heterocycles. The smallest absolute Gasteiger partial charge is 0.276 e. The van der Waals surface area contributed by atoms with E-state index < -0.39 is 11.9 Å². The van der Waals surface area contributed by atoms with E-state index in [0.717, 1.165) is 37.2 Å². The van der Waals surface area contributed by atoms with E-state index in [0.29, 0.717) is 90.5 Å². The maximum absolute atomic E-state index is 15.7. The fourth-order valence-corrected chi connectivity index (χ4v) is 7.87. The topological polar surface area (TPSA) is 145 Å². The number of carbonyl (C=O) groups excluding carboxylic acids is 3. The maximum atomic E-state index is 15.7. The van der Waals surface area contributed by atoms with E-state index in [9.17, 15) is 19.2 Å². The number of pyridine rings is 1. The summed E-state index contributed by atoms with van der Waals surface area (Å²) in [6.07, 6.45) is 5.74. The van der Waals surface area contributed by atoms with Gasteiger partial charge in [-0.1, -0.05) is 17.7 Å². The minimum absolute atomic E-state index is 0.0935. The third-order valence-electron chi connectivity index (χ3n) is 10.5. The van der Waals surface area contributed by atoms with Crippen molar-refractivity contribution in [2.45, 2.75) is 44.2 Å². The Kier molecular flexibility index (Phi) is 10.3. The van der Waals surface area contributed by atoms with Crippen LogP contribution >= 0.6 is 11.6 Å². The Morgan fingerprint density at radius 3 is 2.52 bits per heavy atom. The molecule has 15 heteroatoms. The van der Waals surface area contributed by atoms with Crippen molar-refractivity contribution in [3.63, 3.8) is 0 Å². The summed E-state index contributed by atoms with van der Waals surface area (Å²) < 4.78 is 22.8. The fraction of sp³-hybridized carbons (Fsp3) is 0.432. The normalized spacial score (nSPS) is 19.2. The number of nitrogens with one attached hydrogen (secondary N) is 3. The highest BCUT2D eigenvalue weighted by atomic mass is 35.5. The summed E-state index contributed by atoms with van der Waals surface area (Å²) in [4.78, 5) is 55.6. The standard InChI is InChI=1S/C37H42ClFN8O5/c1-44-19-27(26-18-40-43-35(26)37(44)51)23-15-30(39)28(32(16-23)52-2)20-46-11-13-47(14-12-46)34(49)21-45-9-7-22(8-10-45)25-4-3-24(17-29(25)38)41-31-5-6-33(48)42-36(31)50/h3-4,15-19,22,31,41H,5-14,20-21H2,1-2H3,(H,40,43)(H,42,48,50). The van der Waals surface area contributed by atoms with Gasteiger partial charge in [-0.25, -0.2) is 4.39 Å². The van der Waals surface area contributed by atoms with Gasteiger partial charge >= 0.3 is 0 Å². The van der Waals surface area contributed by atoms with E-state index in [1.54, 1.807) is 25.5 Å². The molecule has 0 aliphatic carbocycles. The molecule has 13 nitrogen and oxygen atoms in total. The molecule has 0 saturated carbocycles. The molecular weight excluding hydrogens is 691 g/mol. The number of amides is 3. The Morgan fingerprint density at radius 1 is 1.04 bits per heavy atom. The van der Waals surface area contributed by atoms with Crippen LogP contribution in [-0.2, 0) is 28.0 Å². The molecule has 4 aromatic rings. The molecule has 274 valence electrons. The molecule has 3 saturated heterocycles. The number of aryl methyl sites for hydroxylation is 1. The summed E-state index contributed by atoms with van der Waals surface area (Å²) in [7, 11) is 3.16. The molecule has 7 rings (SSSR count). The molecule has 2 aromatic heterocycles. The zero-order valence-corrected chi connectivity index (χ0v) is 30.0. The number of piperidine rings is 2. The van der Waals surface area contributed by atoms with Gasteiger partial charge in [-0.2, -0.15) is 5.10 Å². The van der Waals surface area contributed by atoms with Crippen LogP contribution in [0.15, 0.2) is 47.5 Å². The lowest BCUT2D eigenvalue weighted by atomic mass is 9.89. The van der Waals surface area contributed by atoms with Gasteiger partial charge in [0, 0.05) is 79.6 Å². The summed E-state index contributed by atoms with van der Waals surface area (Å²) >= 11 is 6.69. The third-order valence-corrected chi connectivity index (χ3v) is 10.9. The van der Waals surface area contributed by atoms with Gasteiger partial charge < -0.3 is 19.5 Å². The largest absolute Gasteiger partial charge is 0.496 e. The number of carbonyl (C=O) groups is 3. The van der Waals surface area contributed by atoms with Crippen LogP contribution in [-0.4, -0.2) is 106 Å². The van der Waals surface area contributed by atoms with Crippen LogP contribution < -0.4 is 20.9 Å². The summed E-state index contributed by atoms with van der Waals surface area (Å²) in [6.45, 7) is 4.60. The van der Waals surface area contributed by atoms with Gasteiger partial charge in [0.2, 0.25) is 17.7 Å². The molecule has 3 N–H and O–H groups in total. The molecule has 3 aliphatic rings. The predicted molar refractivity (Wildman–Crippen MR) is 195 cm³/mol. The fourth-order valence-electron chi connectivity index (χ4n) is 7.54. The number of fused-ring (bicyclic) bond motifs is 1. The van der Waals surface area contributed by atoms with Crippen LogP contribution in [0, 0.1) is 5.82 Å². The van der Waals surface area contributed by atoms with E-state index in [1.165, 1.54) is 17.7 Å². The molecule has 1 unspecified atom stereocenters. The number of anilines is 1. The van der Waals surface area contributed by atoms with Crippen molar-refractivity contribution in [3.05, 3.63) is 75.0 Å². The maximum Gasteiger partial charge on any atom is 0.276 e. The van der Waals surface area contributed by atoms with Crippen LogP contribution in [0.3, 0.4) is 0 Å². The summed E-state index contributed by atoms with van der Waals surface area (Å²) in [5.74, 6) is -0.191. The number of halogens is 2. The lowest BCUT2D eigenvalue weighted by Gasteiger charge is -2.37. The molecule has 3 fully saturated rings. The van der Waals surface area contributed by atoms with Crippen molar-refractivity contribution in [3.8, 4) is 16.9 Å². The second-order valence-electron chi connectivity index (χ2n) is 13.8. The number of H-pyrrole nitrogens is 1. The van der Waals surface area contributed by atoms with E-state index in [-0.39, 0.29) is 29.2 Å². The van der Waals surface area contributed by atoms with Crippen molar-refractivity contribution in [1.29, 1.82) is 0 Å². The molecule has 52 heavy (non-hydrogen) atoms. The highest BCUT2D eigenvalue weighted by molar-refractivity contribution is 6.31. The van der Waals surface area contributed by atoms with E-state index in [4.69, 9.17) is 16.3 Å². The van der Waals surface area contributed by atoms with Gasteiger partial charge in [0.05, 0.1) is 19.9 Å². The number of benzene rings is 2. The summed E-state index contributed by atoms with van der Waals surface area (Å²) in [5.41, 5.74) is 3.64. The summed E-state index contributed by atoms with van der Waals surface area (Å²) in [5, 5.41) is 13.5. The second kappa shape index (κ2) is 15.1. The third kappa shape index (κ3) is 7.41. The average molecular weight is 733 g/mol. The number of aromatic nitrogens is 3. The van der Waals surface area contributed by atoms with Gasteiger partial charge in [0.25, 0.3) is 5.56 Å². The lowest BCUT2D eigenvalue weighted by molar-refractivity contribution is -0.135. The minimum atomic E-state index is -0.469. The number of hydrogen-bond donors (Lipinski definition) is 3. The monoisotopic (exact) mass is 732 g/mol. The highest BCUT2D eigenvalue weighted by Crippen LogP contribution is 2.36. The first-order valence-corrected chi connectivity index (χ1v) is 18.0. The number of imide groups is 1. The van der Waals surface area contributed by atoms with Crippen LogP contribution in [0.5, 0.6) is 5.75 Å². The SMILES string of the molecule is COc1cc(-c2cn(C)c(=O)c3[nH]ncc23)cc(F)c1CN1CCN(C(=O)CN2CCC(c3ccc(NC4CCC(=O)NC4=O)cc3Cl)CC2)CC1. The molecule has 5 heterocycles. The van der Waals surface area contributed by atoms with Crippen LogP contribution in [0.1, 0.15) is 42.7 Å². The van der Waals surface area contributed by atoms with Crippen LogP contribution in [0.4, 0.5) is 10.1 Å². The van der Waals surface area contributed by atoms with E-state index in [1.807, 2.05) is 23.1 Å². The molecule has 0 spiro atoms. The average Bonchev–Trinajstić information content (AvgIpc) is 3.63. The Balaban J connectivity index is 0.897. The molecule has 1 atom stereocenters. The van der Waals surface area contributed by atoms with Crippen molar-refractivity contribution in [2.24, 2.45) is 7.05 Å². The predicted octanol–water partition coefficient (Wildman–Crippen LogP) is 3.47. The molecule has 0 bridgehead atoms. The number of likely N-dealkylation sites (tertiary alicyclic amines) is 1. The Hall–Kier alpha value is -4.79. The summed E-state index contributed by atoms with van der Waals surface area (Å²) in [6, 6.07) is 8.56. The van der Waals surface area contributed by atoms with Crippen molar-refractivity contribution in [1.82, 2.24) is 34.8 Å². The Morgan fingerprint density at radius 2 is 1.81 bits per heavy atom. The van der Waals surface area contributed by atoms with Crippen LogP contribution in [0.2, 0.25) is 5.02 Å². The van der Waals surface area contributed by atoms with Gasteiger partial charge in [-0.05, 0) is 73.7 Å². The molecule has 0 radical (unpaired) electrons. The quantitative estimate of drug-likeness (QED) is 0.221. The molecule has 2 aromatic carbocycles. The van der Waals surface area contributed by atoms with Gasteiger partial charge in [-0.15, -0.1) is 0 Å². The van der Waals surface area contributed by atoms with Crippen molar-refractivity contribution < 1.29 is 23.5 Å². The number of ether oxygens (including phenoxy) is 1. The van der Waals surface area contributed by atoms with E-state index >= 15 is 4.39 Å². The first kappa shape index (κ1) is 35.6. The van der Waals surface area contributed by atoms with Gasteiger partial charge in [0.15, 0.2) is 0 Å². The second-order valence-corrected chi connectivity index (χ2v) is 14.3. The number of hydrogen-bond acceptors (Lipinski definition) is 9.